The summed E-state index contributed by atoms with van der Waals surface area (Å²) >= 11 is 0. The molecule has 2 heterocycles. The van der Waals surface area contributed by atoms with Crippen LogP contribution in [0.5, 0.6) is 0 Å². The molecule has 0 saturated heterocycles. The summed E-state index contributed by atoms with van der Waals surface area (Å²) in [5, 5.41) is 0. The molecule has 2 aromatic rings. The Balaban J connectivity index is 1.96. The summed E-state index contributed by atoms with van der Waals surface area (Å²) in [5.41, 5.74) is 3.69. The van der Waals surface area contributed by atoms with E-state index >= 15 is 0 Å². The molecule has 0 aromatic carbocycles. The van der Waals surface area contributed by atoms with Gasteiger partial charge < -0.3 is 8.83 Å². The Morgan fingerprint density at radius 3 is 2.71 bits per heavy atom. The summed E-state index contributed by atoms with van der Waals surface area (Å²) in [6.45, 7) is 6.23. The van der Waals surface area contributed by atoms with E-state index in [-0.39, 0.29) is 0 Å². The lowest BCUT2D eigenvalue weighted by atomic mass is 10.1. The van der Waals surface area contributed by atoms with Crippen molar-refractivity contribution < 1.29 is 8.83 Å². The molecule has 2 nitrogen and oxygen atoms in total. The van der Waals surface area contributed by atoms with Gasteiger partial charge in [-0.2, -0.15) is 0 Å². The fourth-order valence-corrected chi connectivity index (χ4v) is 1.81. The molecule has 0 radical (unpaired) electrons. The van der Waals surface area contributed by atoms with E-state index in [0.29, 0.717) is 0 Å². The Morgan fingerprint density at radius 2 is 2.12 bits per heavy atom. The smallest absolute Gasteiger partial charge is 0.110 e. The van der Waals surface area contributed by atoms with Gasteiger partial charge in [0.1, 0.15) is 11.5 Å². The lowest BCUT2D eigenvalue weighted by molar-refractivity contribution is 0.514. The van der Waals surface area contributed by atoms with Crippen molar-refractivity contribution in [2.75, 3.05) is 0 Å². The molecule has 0 aliphatic rings. The van der Waals surface area contributed by atoms with Crippen LogP contribution in [-0.2, 0) is 12.8 Å². The number of furan rings is 2. The minimum absolute atomic E-state index is 0.852. The highest BCUT2D eigenvalue weighted by atomic mass is 16.3. The van der Waals surface area contributed by atoms with Gasteiger partial charge in [0.2, 0.25) is 0 Å². The van der Waals surface area contributed by atoms with Gasteiger partial charge in [0, 0.05) is 12.8 Å². The molecule has 0 atom stereocenters. The topological polar surface area (TPSA) is 26.3 Å². The van der Waals surface area contributed by atoms with E-state index in [4.69, 9.17) is 8.83 Å². The molecule has 0 aliphatic carbocycles. The van der Waals surface area contributed by atoms with E-state index in [2.05, 4.69) is 26.0 Å². The third-order valence-electron chi connectivity index (χ3n) is 2.84. The zero-order valence-corrected chi connectivity index (χ0v) is 10.6. The van der Waals surface area contributed by atoms with Gasteiger partial charge in [-0.15, -0.1) is 0 Å². The Morgan fingerprint density at radius 1 is 1.29 bits per heavy atom. The Bertz CT molecular complexity index is 515. The molecule has 0 saturated carbocycles. The molecule has 0 unspecified atom stereocenters. The molecular formula is C15H18O2. The van der Waals surface area contributed by atoms with Crippen molar-refractivity contribution in [3.05, 3.63) is 59.0 Å². The summed E-state index contributed by atoms with van der Waals surface area (Å²) in [6.07, 6.45) is 7.45. The molecule has 2 heteroatoms. The standard InChI is InChI=1S/C15H18O2/c1-11(8-14-9-12(2)10-17-14)4-5-15-13(3)6-7-16-15/h4,6-7,9-10H,5,8H2,1-3H3. The molecule has 0 bridgehead atoms. The molecule has 2 rings (SSSR count). The average Bonchev–Trinajstić information content (AvgIpc) is 2.85. The largest absolute Gasteiger partial charge is 0.469 e. The number of rotatable bonds is 4. The highest BCUT2D eigenvalue weighted by molar-refractivity contribution is 5.20. The van der Waals surface area contributed by atoms with Gasteiger partial charge in [-0.3, -0.25) is 0 Å². The Hall–Kier alpha value is -1.70. The van der Waals surface area contributed by atoms with Crippen LogP contribution in [0.4, 0.5) is 0 Å². The van der Waals surface area contributed by atoms with E-state index < -0.39 is 0 Å². The summed E-state index contributed by atoms with van der Waals surface area (Å²) < 4.78 is 10.8. The third kappa shape index (κ3) is 3.13. The zero-order chi connectivity index (χ0) is 12.3. The van der Waals surface area contributed by atoms with Crippen molar-refractivity contribution in [1.29, 1.82) is 0 Å². The molecule has 0 amide bonds. The molecule has 0 aliphatic heterocycles. The Labute approximate surface area is 102 Å². The number of allylic oxidation sites excluding steroid dienone is 2. The van der Waals surface area contributed by atoms with Crippen LogP contribution >= 0.6 is 0 Å². The van der Waals surface area contributed by atoms with Gasteiger partial charge in [0.15, 0.2) is 0 Å². The molecule has 2 aromatic heterocycles. The first-order valence-electron chi connectivity index (χ1n) is 5.88. The summed E-state index contributed by atoms with van der Waals surface area (Å²) in [5.74, 6) is 2.06. The van der Waals surface area contributed by atoms with Gasteiger partial charge in [0.05, 0.1) is 12.5 Å². The molecule has 0 N–H and O–H groups in total. The molecular weight excluding hydrogens is 212 g/mol. The van der Waals surface area contributed by atoms with Crippen LogP contribution in [0.1, 0.15) is 29.6 Å². The van der Waals surface area contributed by atoms with Crippen LogP contribution in [0.25, 0.3) is 0 Å². The maximum Gasteiger partial charge on any atom is 0.110 e. The highest BCUT2D eigenvalue weighted by Crippen LogP contribution is 2.14. The second-order valence-electron chi connectivity index (χ2n) is 4.55. The van der Waals surface area contributed by atoms with Gasteiger partial charge in [-0.05, 0) is 44.0 Å². The quantitative estimate of drug-likeness (QED) is 0.735. The predicted molar refractivity (Wildman–Crippen MR) is 68.1 cm³/mol. The summed E-state index contributed by atoms with van der Waals surface area (Å²) in [7, 11) is 0. The maximum absolute atomic E-state index is 5.43. The zero-order valence-electron chi connectivity index (χ0n) is 10.6. The lowest BCUT2D eigenvalue weighted by Gasteiger charge is -1.98. The molecule has 0 fully saturated rings. The summed E-state index contributed by atoms with van der Waals surface area (Å²) in [4.78, 5) is 0. The second kappa shape index (κ2) is 5.09. The maximum atomic E-state index is 5.43. The highest BCUT2D eigenvalue weighted by Gasteiger charge is 2.02. The van der Waals surface area contributed by atoms with Crippen molar-refractivity contribution in [3.63, 3.8) is 0 Å². The van der Waals surface area contributed by atoms with Crippen molar-refractivity contribution in [1.82, 2.24) is 0 Å². The van der Waals surface area contributed by atoms with Crippen molar-refractivity contribution in [2.45, 2.75) is 33.6 Å². The van der Waals surface area contributed by atoms with Gasteiger partial charge in [-0.1, -0.05) is 11.6 Å². The first-order valence-corrected chi connectivity index (χ1v) is 5.88. The number of hydrogen-bond donors (Lipinski definition) is 0. The fourth-order valence-electron chi connectivity index (χ4n) is 1.81. The second-order valence-corrected chi connectivity index (χ2v) is 4.55. The first-order chi connectivity index (χ1) is 8.15. The Kier molecular flexibility index (Phi) is 3.52. The van der Waals surface area contributed by atoms with Crippen LogP contribution in [-0.4, -0.2) is 0 Å². The van der Waals surface area contributed by atoms with Gasteiger partial charge in [-0.25, -0.2) is 0 Å². The molecule has 0 spiro atoms. The van der Waals surface area contributed by atoms with E-state index in [1.165, 1.54) is 16.7 Å². The number of hydrogen-bond acceptors (Lipinski definition) is 2. The van der Waals surface area contributed by atoms with Crippen molar-refractivity contribution in [3.8, 4) is 0 Å². The normalized spacial score (nSPS) is 12.1. The number of aryl methyl sites for hydroxylation is 2. The lowest BCUT2D eigenvalue weighted by Crippen LogP contribution is -1.87. The van der Waals surface area contributed by atoms with E-state index in [1.54, 1.807) is 12.5 Å². The van der Waals surface area contributed by atoms with Crippen LogP contribution in [0.3, 0.4) is 0 Å². The molecule has 90 valence electrons. The predicted octanol–water partition coefficient (Wildman–Crippen LogP) is 4.22. The van der Waals surface area contributed by atoms with Crippen LogP contribution in [0, 0.1) is 13.8 Å². The SMILES string of the molecule is CC(=CCc1occc1C)Cc1cc(C)co1. The monoisotopic (exact) mass is 230 g/mol. The van der Waals surface area contributed by atoms with Gasteiger partial charge in [0.25, 0.3) is 0 Å². The van der Waals surface area contributed by atoms with E-state index in [1.807, 2.05) is 13.0 Å². The van der Waals surface area contributed by atoms with E-state index in [0.717, 1.165) is 24.4 Å². The van der Waals surface area contributed by atoms with Crippen LogP contribution < -0.4 is 0 Å². The van der Waals surface area contributed by atoms with Crippen molar-refractivity contribution >= 4 is 0 Å². The van der Waals surface area contributed by atoms with E-state index in [9.17, 15) is 0 Å². The third-order valence-corrected chi connectivity index (χ3v) is 2.84. The fraction of sp³-hybridized carbons (Fsp3) is 0.333. The van der Waals surface area contributed by atoms with Crippen LogP contribution in [0.15, 0.2) is 45.1 Å². The van der Waals surface area contributed by atoms with Crippen molar-refractivity contribution in [2.24, 2.45) is 0 Å². The minimum atomic E-state index is 0.852. The summed E-state index contributed by atoms with van der Waals surface area (Å²) in [6, 6.07) is 4.07. The first kappa shape index (κ1) is 11.8. The van der Waals surface area contributed by atoms with Crippen LogP contribution in [0.2, 0.25) is 0 Å². The molecule has 17 heavy (non-hydrogen) atoms. The minimum Gasteiger partial charge on any atom is -0.469 e. The van der Waals surface area contributed by atoms with Gasteiger partial charge >= 0.3 is 0 Å². The average molecular weight is 230 g/mol.